The lowest BCUT2D eigenvalue weighted by molar-refractivity contribution is -0.137. The van der Waals surface area contributed by atoms with Crippen molar-refractivity contribution in [3.05, 3.63) is 24.2 Å². The van der Waals surface area contributed by atoms with E-state index >= 15 is 0 Å². The summed E-state index contributed by atoms with van der Waals surface area (Å²) < 4.78 is 5.32. The van der Waals surface area contributed by atoms with Gasteiger partial charge in [0.1, 0.15) is 0 Å². The third-order valence-electron chi connectivity index (χ3n) is 5.76. The number of furan rings is 1. The molecule has 2 amide bonds. The summed E-state index contributed by atoms with van der Waals surface area (Å²) in [5.74, 6) is 1.81. The Kier molecular flexibility index (Phi) is 6.33. The highest BCUT2D eigenvalue weighted by Gasteiger charge is 2.47. The van der Waals surface area contributed by atoms with Gasteiger partial charge in [0, 0.05) is 31.3 Å². The van der Waals surface area contributed by atoms with Crippen LogP contribution >= 0.6 is 11.8 Å². The van der Waals surface area contributed by atoms with E-state index in [2.05, 4.69) is 13.8 Å². The van der Waals surface area contributed by atoms with Gasteiger partial charge in [-0.05, 0) is 37.8 Å². The molecule has 0 radical (unpaired) electrons. The Balaban J connectivity index is 1.63. The summed E-state index contributed by atoms with van der Waals surface area (Å²) in [7, 11) is 0. The average molecular weight is 379 g/mol. The maximum atomic E-state index is 12.9. The van der Waals surface area contributed by atoms with Gasteiger partial charge in [0.05, 0.1) is 11.1 Å². The molecule has 144 valence electrons. The lowest BCUT2D eigenvalue weighted by Crippen LogP contribution is -2.54. The largest absolute Gasteiger partial charge is 0.459 e. The molecule has 3 heterocycles. The maximum absolute atomic E-state index is 12.9. The number of piperidine rings is 1. The van der Waals surface area contributed by atoms with Gasteiger partial charge in [-0.25, -0.2) is 0 Å². The molecule has 1 spiro atoms. The Morgan fingerprint density at radius 1 is 1.27 bits per heavy atom. The zero-order chi connectivity index (χ0) is 18.6. The van der Waals surface area contributed by atoms with E-state index in [1.54, 1.807) is 18.4 Å². The molecule has 2 fully saturated rings. The Hall–Kier alpha value is -1.43. The standard InChI is InChI=1S/C20H30N2O3S/c1-3-5-7-16(4-2)18(23)21-11-9-20(10-12-21)22(13-15-26-20)19(24)17-8-6-14-25-17/h6,8,14,16H,3-5,7,9-13,15H2,1-2H3/t16-/m0/s1. The molecule has 2 saturated heterocycles. The van der Waals surface area contributed by atoms with Crippen LogP contribution < -0.4 is 0 Å². The van der Waals surface area contributed by atoms with Gasteiger partial charge in [0.25, 0.3) is 5.91 Å². The third-order valence-corrected chi connectivity index (χ3v) is 7.31. The van der Waals surface area contributed by atoms with Crippen molar-refractivity contribution in [3.8, 4) is 0 Å². The van der Waals surface area contributed by atoms with Crippen molar-refractivity contribution in [2.75, 3.05) is 25.4 Å². The summed E-state index contributed by atoms with van der Waals surface area (Å²) in [5, 5.41) is 0. The van der Waals surface area contributed by atoms with Crippen LogP contribution in [0.1, 0.15) is 62.9 Å². The molecule has 0 aliphatic carbocycles. The molecule has 1 aromatic rings. The fourth-order valence-corrected chi connectivity index (χ4v) is 5.59. The topological polar surface area (TPSA) is 53.8 Å². The van der Waals surface area contributed by atoms with Crippen molar-refractivity contribution < 1.29 is 14.0 Å². The molecule has 5 nitrogen and oxygen atoms in total. The number of nitrogens with zero attached hydrogens (tertiary/aromatic N) is 2. The minimum absolute atomic E-state index is 0.0193. The van der Waals surface area contributed by atoms with E-state index in [0.717, 1.165) is 63.9 Å². The first-order valence-electron chi connectivity index (χ1n) is 9.89. The van der Waals surface area contributed by atoms with Gasteiger partial charge in [0.15, 0.2) is 5.76 Å². The van der Waals surface area contributed by atoms with Crippen molar-refractivity contribution in [3.63, 3.8) is 0 Å². The number of carbonyl (C=O) groups is 2. The zero-order valence-corrected chi connectivity index (χ0v) is 16.7. The van der Waals surface area contributed by atoms with Gasteiger partial charge in [-0.3, -0.25) is 9.59 Å². The van der Waals surface area contributed by atoms with Crippen LogP contribution in [0, 0.1) is 5.92 Å². The van der Waals surface area contributed by atoms with Crippen molar-refractivity contribution in [2.24, 2.45) is 5.92 Å². The molecular formula is C20H30N2O3S. The number of likely N-dealkylation sites (tertiary alicyclic amines) is 1. The van der Waals surface area contributed by atoms with Gasteiger partial charge in [-0.15, -0.1) is 11.8 Å². The van der Waals surface area contributed by atoms with Crippen molar-refractivity contribution in [1.82, 2.24) is 9.80 Å². The normalized spacial score (nSPS) is 20.5. The first-order valence-corrected chi connectivity index (χ1v) is 10.9. The Labute approximate surface area is 160 Å². The second kappa shape index (κ2) is 8.51. The number of unbranched alkanes of at least 4 members (excludes halogenated alkanes) is 1. The van der Waals surface area contributed by atoms with E-state index in [-0.39, 0.29) is 16.7 Å². The van der Waals surface area contributed by atoms with E-state index in [4.69, 9.17) is 4.42 Å². The van der Waals surface area contributed by atoms with Gasteiger partial charge in [-0.2, -0.15) is 0 Å². The second-order valence-electron chi connectivity index (χ2n) is 7.30. The lowest BCUT2D eigenvalue weighted by atomic mass is 9.95. The van der Waals surface area contributed by atoms with E-state index in [0.29, 0.717) is 11.7 Å². The van der Waals surface area contributed by atoms with Crippen LogP contribution in [0.2, 0.25) is 0 Å². The number of hydrogen-bond acceptors (Lipinski definition) is 4. The van der Waals surface area contributed by atoms with Crippen LogP contribution in [-0.2, 0) is 4.79 Å². The van der Waals surface area contributed by atoms with Crippen LogP contribution in [0.25, 0.3) is 0 Å². The highest BCUT2D eigenvalue weighted by molar-refractivity contribution is 8.00. The zero-order valence-electron chi connectivity index (χ0n) is 15.9. The monoisotopic (exact) mass is 378 g/mol. The Bertz CT molecular complexity index is 609. The van der Waals surface area contributed by atoms with Crippen molar-refractivity contribution in [1.29, 1.82) is 0 Å². The molecule has 6 heteroatoms. The highest BCUT2D eigenvalue weighted by Crippen LogP contribution is 2.44. The maximum Gasteiger partial charge on any atom is 0.290 e. The predicted molar refractivity (Wildman–Crippen MR) is 104 cm³/mol. The van der Waals surface area contributed by atoms with E-state index in [1.165, 1.54) is 0 Å². The summed E-state index contributed by atoms with van der Waals surface area (Å²) in [6.07, 6.45) is 7.39. The van der Waals surface area contributed by atoms with Crippen LogP contribution in [-0.4, -0.2) is 51.9 Å². The summed E-state index contributed by atoms with van der Waals surface area (Å²) in [4.78, 5) is 29.5. The highest BCUT2D eigenvalue weighted by atomic mass is 32.2. The van der Waals surface area contributed by atoms with Gasteiger partial charge < -0.3 is 14.2 Å². The molecule has 0 saturated carbocycles. The molecule has 2 aliphatic rings. The average Bonchev–Trinajstić information content (AvgIpc) is 3.33. The summed E-state index contributed by atoms with van der Waals surface area (Å²) in [5.41, 5.74) is 0. The summed E-state index contributed by atoms with van der Waals surface area (Å²) in [6, 6.07) is 3.49. The minimum atomic E-state index is -0.175. The van der Waals surface area contributed by atoms with Crippen LogP contribution in [0.4, 0.5) is 0 Å². The predicted octanol–water partition coefficient (Wildman–Crippen LogP) is 4.00. The van der Waals surface area contributed by atoms with Crippen molar-refractivity contribution >= 4 is 23.6 Å². The Morgan fingerprint density at radius 2 is 2.04 bits per heavy atom. The molecule has 0 bridgehead atoms. The molecule has 0 aromatic carbocycles. The molecule has 2 aliphatic heterocycles. The summed E-state index contributed by atoms with van der Waals surface area (Å²) >= 11 is 1.87. The number of thioether (sulfide) groups is 1. The Morgan fingerprint density at radius 3 is 2.65 bits per heavy atom. The fourth-order valence-electron chi connectivity index (χ4n) is 4.13. The first-order chi connectivity index (χ1) is 12.6. The molecule has 0 N–H and O–H groups in total. The number of amides is 2. The SMILES string of the molecule is CCCC[C@H](CC)C(=O)N1CCC2(CC1)SCCN2C(=O)c1ccco1. The first kappa shape index (κ1) is 19.3. The van der Waals surface area contributed by atoms with Crippen molar-refractivity contribution in [2.45, 2.75) is 57.2 Å². The van der Waals surface area contributed by atoms with Gasteiger partial charge in [-0.1, -0.05) is 26.7 Å². The van der Waals surface area contributed by atoms with Crippen LogP contribution in [0.3, 0.4) is 0 Å². The quantitative estimate of drug-likeness (QED) is 0.751. The summed E-state index contributed by atoms with van der Waals surface area (Å²) in [6.45, 7) is 6.53. The van der Waals surface area contributed by atoms with E-state index in [9.17, 15) is 9.59 Å². The van der Waals surface area contributed by atoms with Gasteiger partial charge in [0.2, 0.25) is 5.91 Å². The van der Waals surface area contributed by atoms with E-state index in [1.807, 2.05) is 21.6 Å². The third kappa shape index (κ3) is 3.80. The molecular weight excluding hydrogens is 348 g/mol. The second-order valence-corrected chi connectivity index (χ2v) is 8.76. The van der Waals surface area contributed by atoms with Crippen LogP contribution in [0.15, 0.2) is 22.8 Å². The number of rotatable bonds is 6. The molecule has 26 heavy (non-hydrogen) atoms. The number of carbonyl (C=O) groups excluding carboxylic acids is 2. The number of hydrogen-bond donors (Lipinski definition) is 0. The van der Waals surface area contributed by atoms with Crippen LogP contribution in [0.5, 0.6) is 0 Å². The smallest absolute Gasteiger partial charge is 0.290 e. The molecule has 0 unspecified atom stereocenters. The molecule has 1 aromatic heterocycles. The lowest BCUT2D eigenvalue weighted by Gasteiger charge is -2.44. The van der Waals surface area contributed by atoms with Gasteiger partial charge >= 0.3 is 0 Å². The fraction of sp³-hybridized carbons (Fsp3) is 0.700. The van der Waals surface area contributed by atoms with E-state index < -0.39 is 0 Å². The molecule has 3 rings (SSSR count). The molecule has 1 atom stereocenters. The minimum Gasteiger partial charge on any atom is -0.459 e.